The lowest BCUT2D eigenvalue weighted by Gasteiger charge is -2.24. The molecule has 0 saturated carbocycles. The van der Waals surface area contributed by atoms with Crippen LogP contribution in [0.4, 0.5) is 17.2 Å². The minimum atomic E-state index is -0.236. The van der Waals surface area contributed by atoms with Crippen molar-refractivity contribution < 1.29 is 19.1 Å². The zero-order chi connectivity index (χ0) is 27.2. The van der Waals surface area contributed by atoms with Crippen LogP contribution in [-0.2, 0) is 17.8 Å². The second-order valence-electron chi connectivity index (χ2n) is 8.80. The molecule has 0 aliphatic rings. The van der Waals surface area contributed by atoms with Gasteiger partial charge in [0.2, 0.25) is 5.91 Å². The highest BCUT2D eigenvalue weighted by Crippen LogP contribution is 2.30. The van der Waals surface area contributed by atoms with E-state index in [1.807, 2.05) is 34.9 Å². The van der Waals surface area contributed by atoms with Gasteiger partial charge in [0.05, 0.1) is 25.5 Å². The number of hydrogen-bond donors (Lipinski definition) is 2. The van der Waals surface area contributed by atoms with Crippen LogP contribution in [0.15, 0.2) is 60.8 Å². The highest BCUT2D eigenvalue weighted by Gasteiger charge is 2.19. The number of imidazole rings is 1. The van der Waals surface area contributed by atoms with Crippen LogP contribution in [0.3, 0.4) is 0 Å². The second-order valence-corrected chi connectivity index (χ2v) is 8.80. The lowest BCUT2D eigenvalue weighted by Crippen LogP contribution is -2.25. The van der Waals surface area contributed by atoms with Crippen molar-refractivity contribution in [3.8, 4) is 11.5 Å². The van der Waals surface area contributed by atoms with E-state index in [1.54, 1.807) is 44.6 Å². The van der Waals surface area contributed by atoms with Crippen LogP contribution in [0.25, 0.3) is 5.65 Å². The van der Waals surface area contributed by atoms with Crippen LogP contribution in [0.2, 0.25) is 0 Å². The number of anilines is 3. The summed E-state index contributed by atoms with van der Waals surface area (Å²) in [6.07, 6.45) is 2.58. The number of carbonyl (C=O) groups excluding carboxylic acids is 2. The van der Waals surface area contributed by atoms with Crippen LogP contribution in [0.1, 0.15) is 42.4 Å². The van der Waals surface area contributed by atoms with Crippen molar-refractivity contribution in [2.45, 2.75) is 33.7 Å². The highest BCUT2D eigenvalue weighted by molar-refractivity contribution is 6.04. The third-order valence-electron chi connectivity index (χ3n) is 6.23. The molecule has 198 valence electrons. The van der Waals surface area contributed by atoms with E-state index in [2.05, 4.69) is 29.4 Å². The normalized spacial score (nSPS) is 10.8. The number of rotatable bonds is 10. The van der Waals surface area contributed by atoms with Crippen LogP contribution < -0.4 is 25.0 Å². The van der Waals surface area contributed by atoms with Crippen LogP contribution in [-0.4, -0.2) is 42.0 Å². The van der Waals surface area contributed by atoms with Gasteiger partial charge in [-0.25, -0.2) is 4.98 Å². The maximum Gasteiger partial charge on any atom is 0.257 e. The Kier molecular flexibility index (Phi) is 8.15. The molecule has 2 heterocycles. The predicted molar refractivity (Wildman–Crippen MR) is 150 cm³/mol. The summed E-state index contributed by atoms with van der Waals surface area (Å²) in [6.45, 7) is 7.00. The van der Waals surface area contributed by atoms with Gasteiger partial charge >= 0.3 is 0 Å². The number of benzene rings is 2. The maximum absolute atomic E-state index is 13.1. The first-order valence-electron chi connectivity index (χ1n) is 12.5. The Hall–Kier alpha value is -4.53. The molecule has 2 amide bonds. The van der Waals surface area contributed by atoms with Crippen LogP contribution >= 0.6 is 0 Å². The second kappa shape index (κ2) is 11.7. The summed E-state index contributed by atoms with van der Waals surface area (Å²) in [7, 11) is 3.25. The molecule has 0 spiro atoms. The van der Waals surface area contributed by atoms with Crippen LogP contribution in [0, 0.1) is 0 Å². The maximum atomic E-state index is 13.1. The molecular formula is C29H33N5O4. The Bertz CT molecular complexity index is 1450. The van der Waals surface area contributed by atoms with Gasteiger partial charge in [-0.3, -0.25) is 14.0 Å². The van der Waals surface area contributed by atoms with Gasteiger partial charge in [-0.05, 0) is 67.4 Å². The van der Waals surface area contributed by atoms with Crippen molar-refractivity contribution in [3.05, 3.63) is 77.6 Å². The van der Waals surface area contributed by atoms with E-state index in [1.165, 1.54) is 6.92 Å². The van der Waals surface area contributed by atoms with E-state index in [0.29, 0.717) is 35.0 Å². The van der Waals surface area contributed by atoms with Crippen molar-refractivity contribution in [2.24, 2.45) is 0 Å². The third kappa shape index (κ3) is 5.72. The fourth-order valence-corrected chi connectivity index (χ4v) is 4.37. The number of aromatic nitrogens is 2. The minimum absolute atomic E-state index is 0.148. The molecule has 9 nitrogen and oxygen atoms in total. The molecule has 0 saturated heterocycles. The van der Waals surface area contributed by atoms with Gasteiger partial charge in [0.15, 0.2) is 11.5 Å². The van der Waals surface area contributed by atoms with E-state index in [9.17, 15) is 9.59 Å². The van der Waals surface area contributed by atoms with Gasteiger partial charge in [-0.15, -0.1) is 0 Å². The largest absolute Gasteiger partial charge is 0.493 e. The fraction of sp³-hybridized carbons (Fsp3) is 0.276. The molecule has 4 aromatic rings. The van der Waals surface area contributed by atoms with Crippen molar-refractivity contribution in [1.82, 2.24) is 9.38 Å². The van der Waals surface area contributed by atoms with Crippen molar-refractivity contribution >= 4 is 34.7 Å². The van der Waals surface area contributed by atoms with E-state index < -0.39 is 0 Å². The summed E-state index contributed by atoms with van der Waals surface area (Å²) in [5.74, 6) is 1.93. The first-order chi connectivity index (χ1) is 18.4. The van der Waals surface area contributed by atoms with Crippen molar-refractivity contribution in [3.63, 3.8) is 0 Å². The number of carbonyl (C=O) groups is 2. The van der Waals surface area contributed by atoms with E-state index in [-0.39, 0.29) is 11.8 Å². The predicted octanol–water partition coefficient (Wildman–Crippen LogP) is 5.15. The van der Waals surface area contributed by atoms with Crippen molar-refractivity contribution in [1.29, 1.82) is 0 Å². The van der Waals surface area contributed by atoms with Gasteiger partial charge in [-0.2, -0.15) is 0 Å². The number of aryl methyl sites for hydroxylation is 1. The summed E-state index contributed by atoms with van der Waals surface area (Å²) in [6, 6.07) is 16.5. The molecule has 2 aromatic heterocycles. The summed E-state index contributed by atoms with van der Waals surface area (Å²) in [5, 5.41) is 5.64. The standard InChI is InChI=1S/C29H33N5O4/c1-6-24-29(33(7-2)17-20-8-14-25(37-4)26(16-20)38-5)34-18-21(9-15-27(34)32-24)28(36)31-23-12-10-22(11-13-23)30-19(3)35/h8-16,18H,6-7,17H2,1-5H3,(H,30,35)(H,31,36). The van der Waals surface area contributed by atoms with Gasteiger partial charge in [0, 0.05) is 37.6 Å². The molecule has 0 aliphatic heterocycles. The topological polar surface area (TPSA) is 97.2 Å². The lowest BCUT2D eigenvalue weighted by atomic mass is 10.1. The summed E-state index contributed by atoms with van der Waals surface area (Å²) in [4.78, 5) is 31.4. The Labute approximate surface area is 222 Å². The lowest BCUT2D eigenvalue weighted by molar-refractivity contribution is -0.114. The molecule has 0 aliphatic carbocycles. The summed E-state index contributed by atoms with van der Waals surface area (Å²) in [5.41, 5.74) is 4.61. The number of hydrogen-bond acceptors (Lipinski definition) is 6. The quantitative estimate of drug-likeness (QED) is 0.303. The average molecular weight is 516 g/mol. The number of methoxy groups -OCH3 is 2. The molecular weight excluding hydrogens is 482 g/mol. The zero-order valence-corrected chi connectivity index (χ0v) is 22.4. The summed E-state index contributed by atoms with van der Waals surface area (Å²) >= 11 is 0. The first-order valence-corrected chi connectivity index (χ1v) is 12.5. The molecule has 0 atom stereocenters. The number of fused-ring (bicyclic) bond motifs is 1. The Morgan fingerprint density at radius 2 is 1.61 bits per heavy atom. The number of pyridine rings is 1. The fourth-order valence-electron chi connectivity index (χ4n) is 4.37. The molecule has 0 bridgehead atoms. The number of ether oxygens (including phenoxy) is 2. The number of amides is 2. The molecule has 38 heavy (non-hydrogen) atoms. The SMILES string of the molecule is CCc1nc2ccc(C(=O)Nc3ccc(NC(C)=O)cc3)cn2c1N(CC)Cc1ccc(OC)c(OC)c1. The minimum Gasteiger partial charge on any atom is -0.493 e. The molecule has 4 rings (SSSR count). The third-order valence-corrected chi connectivity index (χ3v) is 6.23. The molecule has 2 N–H and O–H groups in total. The Morgan fingerprint density at radius 3 is 2.21 bits per heavy atom. The molecule has 2 aromatic carbocycles. The smallest absolute Gasteiger partial charge is 0.257 e. The van der Waals surface area contributed by atoms with Crippen LogP contribution in [0.5, 0.6) is 11.5 Å². The summed E-state index contributed by atoms with van der Waals surface area (Å²) < 4.78 is 12.9. The van der Waals surface area contributed by atoms with Crippen molar-refractivity contribution in [2.75, 3.05) is 36.3 Å². The number of nitrogens with one attached hydrogen (secondary N) is 2. The number of nitrogens with zero attached hydrogens (tertiary/aromatic N) is 3. The van der Waals surface area contributed by atoms with Gasteiger partial charge in [-0.1, -0.05) is 13.0 Å². The molecule has 0 fully saturated rings. The highest BCUT2D eigenvalue weighted by atomic mass is 16.5. The average Bonchev–Trinajstić information content (AvgIpc) is 3.30. The van der Waals surface area contributed by atoms with E-state index >= 15 is 0 Å². The Morgan fingerprint density at radius 1 is 0.921 bits per heavy atom. The van der Waals surface area contributed by atoms with E-state index in [4.69, 9.17) is 14.5 Å². The molecule has 0 unspecified atom stereocenters. The molecule has 0 radical (unpaired) electrons. The zero-order valence-electron chi connectivity index (χ0n) is 22.4. The monoisotopic (exact) mass is 515 g/mol. The first kappa shape index (κ1) is 26.5. The van der Waals surface area contributed by atoms with Gasteiger partial charge < -0.3 is 25.0 Å². The Balaban J connectivity index is 1.63. The van der Waals surface area contributed by atoms with Gasteiger partial charge in [0.25, 0.3) is 5.91 Å². The van der Waals surface area contributed by atoms with Gasteiger partial charge in [0.1, 0.15) is 11.5 Å². The molecule has 9 heteroatoms. The van der Waals surface area contributed by atoms with E-state index in [0.717, 1.165) is 35.7 Å².